The molecule has 2 N–H and O–H groups in total. The Labute approximate surface area is 163 Å². The Kier molecular flexibility index (Phi) is 7.82. The molecule has 0 saturated heterocycles. The molecule has 6 heteroatoms. The van der Waals surface area contributed by atoms with Crippen LogP contribution in [-0.2, 0) is 13.6 Å². The molecule has 1 aromatic heterocycles. The van der Waals surface area contributed by atoms with Crippen LogP contribution < -0.4 is 10.6 Å². The molecule has 0 spiro atoms. The van der Waals surface area contributed by atoms with E-state index in [1.165, 1.54) is 12.0 Å². The normalized spacial score (nSPS) is 14.3. The van der Waals surface area contributed by atoms with Crippen molar-refractivity contribution in [2.24, 2.45) is 18.0 Å². The SMILES string of the molecule is Cc1nnc(CN=C(NC(C)CCC(C)C)NC(C)c2ccccc2)n1C. The second-order valence-electron chi connectivity index (χ2n) is 7.68. The Hall–Kier alpha value is -2.37. The largest absolute Gasteiger partial charge is 0.354 e. The highest BCUT2D eigenvalue weighted by molar-refractivity contribution is 5.80. The summed E-state index contributed by atoms with van der Waals surface area (Å²) in [6, 6.07) is 10.9. The van der Waals surface area contributed by atoms with Crippen molar-refractivity contribution in [1.82, 2.24) is 25.4 Å². The maximum absolute atomic E-state index is 4.77. The molecule has 1 heterocycles. The first-order chi connectivity index (χ1) is 12.9. The quantitative estimate of drug-likeness (QED) is 0.549. The molecular formula is C21H34N6. The van der Waals surface area contributed by atoms with Gasteiger partial charge < -0.3 is 15.2 Å². The average Bonchev–Trinajstić information content (AvgIpc) is 2.97. The molecule has 2 aromatic rings. The molecule has 6 nitrogen and oxygen atoms in total. The number of benzene rings is 1. The molecule has 0 amide bonds. The maximum Gasteiger partial charge on any atom is 0.192 e. The highest BCUT2D eigenvalue weighted by Crippen LogP contribution is 2.12. The lowest BCUT2D eigenvalue weighted by Gasteiger charge is -2.22. The number of nitrogens with zero attached hydrogens (tertiary/aromatic N) is 4. The van der Waals surface area contributed by atoms with E-state index in [1.54, 1.807) is 0 Å². The van der Waals surface area contributed by atoms with E-state index in [2.05, 4.69) is 72.8 Å². The van der Waals surface area contributed by atoms with Gasteiger partial charge in [0.1, 0.15) is 12.4 Å². The van der Waals surface area contributed by atoms with Crippen LogP contribution >= 0.6 is 0 Å². The zero-order valence-corrected chi connectivity index (χ0v) is 17.5. The van der Waals surface area contributed by atoms with Crippen LogP contribution in [0.3, 0.4) is 0 Å². The van der Waals surface area contributed by atoms with Crippen molar-refractivity contribution in [3.63, 3.8) is 0 Å². The van der Waals surface area contributed by atoms with Gasteiger partial charge in [0.05, 0.1) is 6.04 Å². The summed E-state index contributed by atoms with van der Waals surface area (Å²) < 4.78 is 1.98. The van der Waals surface area contributed by atoms with E-state index in [0.29, 0.717) is 18.5 Å². The standard InChI is InChI=1S/C21H34N6/c1-15(2)12-13-16(3)23-21(22-14-20-26-25-18(5)27(20)6)24-17(4)19-10-8-7-9-11-19/h7-11,15-17H,12-14H2,1-6H3,(H2,22,23,24). The second-order valence-corrected chi connectivity index (χ2v) is 7.68. The van der Waals surface area contributed by atoms with Gasteiger partial charge in [-0.25, -0.2) is 4.99 Å². The summed E-state index contributed by atoms with van der Waals surface area (Å²) in [5.41, 5.74) is 1.23. The van der Waals surface area contributed by atoms with Crippen LogP contribution in [-0.4, -0.2) is 26.8 Å². The number of nitrogens with one attached hydrogen (secondary N) is 2. The van der Waals surface area contributed by atoms with E-state index >= 15 is 0 Å². The van der Waals surface area contributed by atoms with Crippen molar-refractivity contribution in [2.45, 2.75) is 66.1 Å². The van der Waals surface area contributed by atoms with Crippen LogP contribution in [0.5, 0.6) is 0 Å². The lowest BCUT2D eigenvalue weighted by Crippen LogP contribution is -2.43. The van der Waals surface area contributed by atoms with E-state index in [-0.39, 0.29) is 6.04 Å². The molecule has 0 saturated carbocycles. The van der Waals surface area contributed by atoms with Crippen LogP contribution in [0.4, 0.5) is 0 Å². The van der Waals surface area contributed by atoms with E-state index < -0.39 is 0 Å². The average molecular weight is 371 g/mol. The minimum atomic E-state index is 0.163. The third kappa shape index (κ3) is 6.70. The molecule has 0 fully saturated rings. The van der Waals surface area contributed by atoms with Gasteiger partial charge in [-0.1, -0.05) is 44.2 Å². The fourth-order valence-corrected chi connectivity index (χ4v) is 2.79. The first kappa shape index (κ1) is 20.9. The molecule has 148 valence electrons. The third-order valence-corrected chi connectivity index (χ3v) is 4.77. The molecule has 2 rings (SSSR count). The summed E-state index contributed by atoms with van der Waals surface area (Å²) in [4.78, 5) is 4.77. The van der Waals surface area contributed by atoms with Crippen molar-refractivity contribution in [3.8, 4) is 0 Å². The number of aryl methyl sites for hydroxylation is 1. The van der Waals surface area contributed by atoms with Crippen LogP contribution in [0, 0.1) is 12.8 Å². The van der Waals surface area contributed by atoms with Crippen molar-refractivity contribution in [1.29, 1.82) is 0 Å². The summed E-state index contributed by atoms with van der Waals surface area (Å²) in [7, 11) is 1.97. The highest BCUT2D eigenvalue weighted by Gasteiger charge is 2.12. The van der Waals surface area contributed by atoms with Crippen LogP contribution in [0.25, 0.3) is 0 Å². The monoisotopic (exact) mass is 370 g/mol. The lowest BCUT2D eigenvalue weighted by molar-refractivity contribution is 0.486. The Morgan fingerprint density at radius 2 is 1.74 bits per heavy atom. The first-order valence-electron chi connectivity index (χ1n) is 9.84. The summed E-state index contributed by atoms with van der Waals surface area (Å²) in [6.45, 7) is 11.3. The predicted molar refractivity (Wildman–Crippen MR) is 112 cm³/mol. The molecule has 0 aliphatic rings. The number of hydrogen-bond acceptors (Lipinski definition) is 3. The molecule has 0 aliphatic carbocycles. The fraction of sp³-hybridized carbons (Fsp3) is 0.571. The summed E-state index contributed by atoms with van der Waals surface area (Å²) in [5, 5.41) is 15.4. The Morgan fingerprint density at radius 3 is 2.33 bits per heavy atom. The molecule has 0 bridgehead atoms. The van der Waals surface area contributed by atoms with Crippen molar-refractivity contribution in [3.05, 3.63) is 47.5 Å². The summed E-state index contributed by atoms with van der Waals surface area (Å²) in [5.74, 6) is 3.26. The van der Waals surface area contributed by atoms with Gasteiger partial charge in [0.2, 0.25) is 0 Å². The van der Waals surface area contributed by atoms with Crippen molar-refractivity contribution < 1.29 is 0 Å². The van der Waals surface area contributed by atoms with Gasteiger partial charge in [0.15, 0.2) is 11.8 Å². The minimum absolute atomic E-state index is 0.163. The molecule has 2 atom stereocenters. The highest BCUT2D eigenvalue weighted by atomic mass is 15.3. The number of aliphatic imine (C=N–C) groups is 1. The lowest BCUT2D eigenvalue weighted by atomic mass is 10.0. The molecule has 27 heavy (non-hydrogen) atoms. The molecule has 2 unspecified atom stereocenters. The molecule has 0 aliphatic heterocycles. The molecule has 0 radical (unpaired) electrons. The zero-order valence-electron chi connectivity index (χ0n) is 17.5. The number of aromatic nitrogens is 3. The zero-order chi connectivity index (χ0) is 19.8. The summed E-state index contributed by atoms with van der Waals surface area (Å²) >= 11 is 0. The van der Waals surface area contributed by atoms with Gasteiger partial charge >= 0.3 is 0 Å². The van der Waals surface area contributed by atoms with Gasteiger partial charge in [0, 0.05) is 13.1 Å². The van der Waals surface area contributed by atoms with Gasteiger partial charge in [-0.05, 0) is 45.1 Å². The van der Waals surface area contributed by atoms with Gasteiger partial charge in [-0.2, -0.15) is 0 Å². The van der Waals surface area contributed by atoms with Crippen LogP contribution in [0.15, 0.2) is 35.3 Å². The third-order valence-electron chi connectivity index (χ3n) is 4.77. The number of rotatable bonds is 8. The predicted octanol–water partition coefficient (Wildman–Crippen LogP) is 3.74. The fourth-order valence-electron chi connectivity index (χ4n) is 2.79. The van der Waals surface area contributed by atoms with Gasteiger partial charge in [0.25, 0.3) is 0 Å². The van der Waals surface area contributed by atoms with Gasteiger partial charge in [-0.3, -0.25) is 0 Å². The van der Waals surface area contributed by atoms with Crippen molar-refractivity contribution in [2.75, 3.05) is 0 Å². The number of hydrogen-bond donors (Lipinski definition) is 2. The van der Waals surface area contributed by atoms with Crippen molar-refractivity contribution >= 4 is 5.96 Å². The Bertz CT molecular complexity index is 720. The smallest absolute Gasteiger partial charge is 0.192 e. The molecular weight excluding hydrogens is 336 g/mol. The second kappa shape index (κ2) is 10.1. The van der Waals surface area contributed by atoms with E-state index in [1.807, 2.05) is 24.6 Å². The van der Waals surface area contributed by atoms with Gasteiger partial charge in [-0.15, -0.1) is 10.2 Å². The summed E-state index contributed by atoms with van der Waals surface area (Å²) in [6.07, 6.45) is 2.30. The topological polar surface area (TPSA) is 67.1 Å². The van der Waals surface area contributed by atoms with Crippen LogP contribution in [0.2, 0.25) is 0 Å². The minimum Gasteiger partial charge on any atom is -0.354 e. The molecule has 1 aromatic carbocycles. The van der Waals surface area contributed by atoms with E-state index in [9.17, 15) is 0 Å². The maximum atomic E-state index is 4.77. The van der Waals surface area contributed by atoms with Crippen LogP contribution in [0.1, 0.15) is 63.8 Å². The van der Waals surface area contributed by atoms with E-state index in [0.717, 1.165) is 24.0 Å². The first-order valence-corrected chi connectivity index (χ1v) is 9.84. The Morgan fingerprint density at radius 1 is 1.04 bits per heavy atom. The van der Waals surface area contributed by atoms with E-state index in [4.69, 9.17) is 4.99 Å². The number of guanidine groups is 1. The Balaban J connectivity index is 2.09.